The molecule has 3 aromatic rings. The van der Waals surface area contributed by atoms with Crippen molar-refractivity contribution >= 4 is 27.5 Å². The van der Waals surface area contributed by atoms with Crippen LogP contribution in [0, 0.1) is 0 Å². The van der Waals surface area contributed by atoms with Gasteiger partial charge in [0.2, 0.25) is 5.91 Å². The number of aryl methyl sites for hydroxylation is 1. The zero-order chi connectivity index (χ0) is 17.6. The van der Waals surface area contributed by atoms with E-state index in [0.717, 1.165) is 23.2 Å². The van der Waals surface area contributed by atoms with E-state index in [0.29, 0.717) is 11.9 Å². The first-order valence-electron chi connectivity index (χ1n) is 8.46. The van der Waals surface area contributed by atoms with Crippen LogP contribution in [0.5, 0.6) is 0 Å². The minimum absolute atomic E-state index is 0.00732. The number of carbonyl (C=O) groups excluding carboxylic acids is 1. The van der Waals surface area contributed by atoms with Gasteiger partial charge in [0, 0.05) is 13.0 Å². The predicted octanol–water partition coefficient (Wildman–Crippen LogP) is 3.51. The van der Waals surface area contributed by atoms with Gasteiger partial charge in [-0.05, 0) is 23.4 Å². The van der Waals surface area contributed by atoms with E-state index < -0.39 is 0 Å². The third-order valence-electron chi connectivity index (χ3n) is 4.14. The van der Waals surface area contributed by atoms with Crippen molar-refractivity contribution in [1.82, 2.24) is 14.9 Å². The molecule has 0 saturated carbocycles. The van der Waals surface area contributed by atoms with E-state index in [9.17, 15) is 9.59 Å². The number of hydrogen-bond acceptors (Lipinski definition) is 4. The van der Waals surface area contributed by atoms with E-state index in [4.69, 9.17) is 0 Å². The summed E-state index contributed by atoms with van der Waals surface area (Å²) in [6.07, 6.45) is 3.65. The molecule has 2 heterocycles. The minimum atomic E-state index is -0.0905. The first kappa shape index (κ1) is 17.4. The summed E-state index contributed by atoms with van der Waals surface area (Å²) in [6.45, 7) is 2.43. The number of benzene rings is 1. The molecule has 1 N–H and O–H groups in total. The third-order valence-corrected chi connectivity index (χ3v) is 4.97. The van der Waals surface area contributed by atoms with Gasteiger partial charge in [0.25, 0.3) is 5.56 Å². The largest absolute Gasteiger partial charge is 0.349 e. The Morgan fingerprint density at radius 1 is 1.28 bits per heavy atom. The summed E-state index contributed by atoms with van der Waals surface area (Å²) in [5.74, 6) is -0.0559. The zero-order valence-electron chi connectivity index (χ0n) is 14.1. The Balaban J connectivity index is 1.65. The molecule has 0 aliphatic carbocycles. The molecule has 0 aliphatic rings. The van der Waals surface area contributed by atoms with Crippen molar-refractivity contribution in [2.45, 2.75) is 38.8 Å². The summed E-state index contributed by atoms with van der Waals surface area (Å²) in [5, 5.41) is 5.55. The molecule has 130 valence electrons. The Kier molecular flexibility index (Phi) is 5.60. The molecule has 6 heteroatoms. The van der Waals surface area contributed by atoms with Crippen molar-refractivity contribution in [3.63, 3.8) is 0 Å². The minimum Gasteiger partial charge on any atom is -0.349 e. The number of hydrogen-bond donors (Lipinski definition) is 1. The second kappa shape index (κ2) is 8.07. The standard InChI is InChI=1S/C19H21N3O2S/c1-2-6-16(14-7-4-3-5-8-14)21-17(23)9-11-22-13-20-18-15(19(22)24)10-12-25-18/h3-5,7-8,10,12-13,16H,2,6,9,11H2,1H3,(H,21,23)/t16-/m1/s1. The number of thiophene rings is 1. The number of aromatic nitrogens is 2. The lowest BCUT2D eigenvalue weighted by Crippen LogP contribution is -2.30. The van der Waals surface area contributed by atoms with Gasteiger partial charge in [0.15, 0.2) is 0 Å². The summed E-state index contributed by atoms with van der Waals surface area (Å²) < 4.78 is 1.51. The molecule has 0 fully saturated rings. The molecule has 3 rings (SSSR count). The maximum atomic E-state index is 12.4. The molecular formula is C19H21N3O2S. The molecular weight excluding hydrogens is 334 g/mol. The number of carbonyl (C=O) groups is 1. The van der Waals surface area contributed by atoms with E-state index in [1.807, 2.05) is 35.7 Å². The summed E-state index contributed by atoms with van der Waals surface area (Å²) >= 11 is 1.44. The summed E-state index contributed by atoms with van der Waals surface area (Å²) in [7, 11) is 0. The quantitative estimate of drug-likeness (QED) is 0.705. The molecule has 1 atom stereocenters. The molecule has 1 amide bonds. The smallest absolute Gasteiger partial charge is 0.262 e. The Hall–Kier alpha value is -2.47. The molecule has 2 aromatic heterocycles. The van der Waals surface area contributed by atoms with Crippen LogP contribution in [-0.2, 0) is 11.3 Å². The number of nitrogens with zero attached hydrogens (tertiary/aromatic N) is 2. The second-order valence-electron chi connectivity index (χ2n) is 5.95. The maximum absolute atomic E-state index is 12.4. The van der Waals surface area contributed by atoms with Crippen LogP contribution >= 0.6 is 11.3 Å². The van der Waals surface area contributed by atoms with Crippen molar-refractivity contribution in [3.8, 4) is 0 Å². The van der Waals surface area contributed by atoms with Gasteiger partial charge in [-0.2, -0.15) is 0 Å². The highest BCUT2D eigenvalue weighted by atomic mass is 32.1. The van der Waals surface area contributed by atoms with Crippen molar-refractivity contribution in [1.29, 1.82) is 0 Å². The zero-order valence-corrected chi connectivity index (χ0v) is 15.0. The molecule has 0 bridgehead atoms. The van der Waals surface area contributed by atoms with Crippen LogP contribution < -0.4 is 10.9 Å². The lowest BCUT2D eigenvalue weighted by molar-refractivity contribution is -0.122. The Morgan fingerprint density at radius 2 is 2.08 bits per heavy atom. The van der Waals surface area contributed by atoms with Crippen LogP contribution in [0.3, 0.4) is 0 Å². The van der Waals surface area contributed by atoms with E-state index in [1.54, 1.807) is 6.07 Å². The van der Waals surface area contributed by atoms with Gasteiger partial charge < -0.3 is 5.32 Å². The number of nitrogens with one attached hydrogen (secondary N) is 1. The highest BCUT2D eigenvalue weighted by Crippen LogP contribution is 2.18. The van der Waals surface area contributed by atoms with Gasteiger partial charge in [0.1, 0.15) is 4.83 Å². The van der Waals surface area contributed by atoms with Gasteiger partial charge in [-0.15, -0.1) is 11.3 Å². The second-order valence-corrected chi connectivity index (χ2v) is 6.85. The van der Waals surface area contributed by atoms with Crippen LogP contribution in [0.4, 0.5) is 0 Å². The van der Waals surface area contributed by atoms with E-state index in [2.05, 4.69) is 17.2 Å². The van der Waals surface area contributed by atoms with Gasteiger partial charge in [-0.1, -0.05) is 43.7 Å². The number of amides is 1. The monoisotopic (exact) mass is 355 g/mol. The van der Waals surface area contributed by atoms with E-state index in [1.165, 1.54) is 22.2 Å². The van der Waals surface area contributed by atoms with Crippen molar-refractivity contribution < 1.29 is 4.79 Å². The Bertz CT molecular complexity index is 902. The lowest BCUT2D eigenvalue weighted by atomic mass is 10.0. The third kappa shape index (κ3) is 4.14. The summed E-state index contributed by atoms with van der Waals surface area (Å²) in [6, 6.07) is 11.8. The normalized spacial score (nSPS) is 12.2. The van der Waals surface area contributed by atoms with Crippen molar-refractivity contribution in [3.05, 3.63) is 64.0 Å². The van der Waals surface area contributed by atoms with Gasteiger partial charge in [-0.3, -0.25) is 14.2 Å². The summed E-state index contributed by atoms with van der Waals surface area (Å²) in [5.41, 5.74) is 1.02. The first-order chi connectivity index (χ1) is 12.2. The van der Waals surface area contributed by atoms with Crippen LogP contribution in [0.25, 0.3) is 10.2 Å². The molecule has 1 aromatic carbocycles. The molecule has 0 radical (unpaired) electrons. The fourth-order valence-electron chi connectivity index (χ4n) is 2.84. The number of rotatable bonds is 7. The highest BCUT2D eigenvalue weighted by molar-refractivity contribution is 7.16. The molecule has 0 saturated heterocycles. The fourth-order valence-corrected chi connectivity index (χ4v) is 3.56. The summed E-state index contributed by atoms with van der Waals surface area (Å²) in [4.78, 5) is 29.7. The van der Waals surface area contributed by atoms with Crippen molar-refractivity contribution in [2.24, 2.45) is 0 Å². The van der Waals surface area contributed by atoms with Crippen LogP contribution in [0.15, 0.2) is 52.9 Å². The highest BCUT2D eigenvalue weighted by Gasteiger charge is 2.14. The van der Waals surface area contributed by atoms with Crippen molar-refractivity contribution in [2.75, 3.05) is 0 Å². The van der Waals surface area contributed by atoms with Gasteiger partial charge in [0.05, 0.1) is 17.8 Å². The van der Waals surface area contributed by atoms with Crippen LogP contribution in [0.1, 0.15) is 37.8 Å². The average molecular weight is 355 g/mol. The molecule has 0 spiro atoms. The van der Waals surface area contributed by atoms with Crippen LogP contribution in [0.2, 0.25) is 0 Å². The average Bonchev–Trinajstić information content (AvgIpc) is 3.11. The fraction of sp³-hybridized carbons (Fsp3) is 0.316. The van der Waals surface area contributed by atoms with E-state index in [-0.39, 0.29) is 23.9 Å². The molecule has 0 unspecified atom stereocenters. The number of fused-ring (bicyclic) bond motifs is 1. The molecule has 0 aliphatic heterocycles. The first-order valence-corrected chi connectivity index (χ1v) is 9.34. The molecule has 25 heavy (non-hydrogen) atoms. The van der Waals surface area contributed by atoms with Gasteiger partial charge in [-0.25, -0.2) is 4.98 Å². The van der Waals surface area contributed by atoms with Gasteiger partial charge >= 0.3 is 0 Å². The molecule has 5 nitrogen and oxygen atoms in total. The lowest BCUT2D eigenvalue weighted by Gasteiger charge is -2.18. The SMILES string of the molecule is CCC[C@@H](NC(=O)CCn1cnc2sccc2c1=O)c1ccccc1. The Labute approximate surface area is 150 Å². The van der Waals surface area contributed by atoms with E-state index >= 15 is 0 Å². The Morgan fingerprint density at radius 3 is 2.84 bits per heavy atom. The maximum Gasteiger partial charge on any atom is 0.262 e. The predicted molar refractivity (Wildman–Crippen MR) is 101 cm³/mol. The topological polar surface area (TPSA) is 64.0 Å². The van der Waals surface area contributed by atoms with Crippen LogP contribution in [-0.4, -0.2) is 15.5 Å².